The van der Waals surface area contributed by atoms with Gasteiger partial charge < -0.3 is 20.1 Å². The summed E-state index contributed by atoms with van der Waals surface area (Å²) in [5, 5.41) is 13.5. The van der Waals surface area contributed by atoms with Gasteiger partial charge in [-0.25, -0.2) is 0 Å². The molecule has 0 aromatic heterocycles. The highest BCUT2D eigenvalue weighted by Crippen LogP contribution is 2.23. The summed E-state index contributed by atoms with van der Waals surface area (Å²) in [4.78, 5) is 26.9. The number of nitrogens with zero attached hydrogens (tertiary/aromatic N) is 1. The smallest absolute Gasteiger partial charge is 0.254 e. The van der Waals surface area contributed by atoms with Gasteiger partial charge in [-0.3, -0.25) is 9.59 Å². The number of benzene rings is 2. The van der Waals surface area contributed by atoms with E-state index in [-0.39, 0.29) is 24.8 Å². The Balaban J connectivity index is 1.70. The van der Waals surface area contributed by atoms with E-state index in [4.69, 9.17) is 16.3 Å². The predicted octanol–water partition coefficient (Wildman–Crippen LogP) is 2.24. The molecule has 2 aromatic carbocycles. The normalized spacial score (nSPS) is 19.0. The molecule has 1 saturated heterocycles. The molecule has 0 bridgehead atoms. The minimum Gasteiger partial charge on any atom is -0.497 e. The number of nitrogens with one attached hydrogen (secondary N) is 1. The summed E-state index contributed by atoms with van der Waals surface area (Å²) in [5.74, 6) is -0.0424. The largest absolute Gasteiger partial charge is 0.497 e. The number of hydrogen-bond acceptors (Lipinski definition) is 4. The second-order valence-corrected chi connectivity index (χ2v) is 6.88. The standard InChI is InChI=1S/C20H21ClN2O4/c1-27-17-4-2-3-14(9-17)20(26)23-12-16(24)10-18(23)19(25)22-11-13-5-7-15(21)8-6-13/h2-9,16,18,24H,10-12H2,1H3,(H,22,25). The second kappa shape index (κ2) is 8.41. The summed E-state index contributed by atoms with van der Waals surface area (Å²) < 4.78 is 5.15. The highest BCUT2D eigenvalue weighted by atomic mass is 35.5. The van der Waals surface area contributed by atoms with Crippen molar-refractivity contribution in [2.24, 2.45) is 0 Å². The number of carbonyl (C=O) groups is 2. The van der Waals surface area contributed by atoms with E-state index in [0.29, 0.717) is 22.9 Å². The molecule has 6 nitrogen and oxygen atoms in total. The molecule has 1 heterocycles. The van der Waals surface area contributed by atoms with Crippen molar-refractivity contribution in [2.45, 2.75) is 25.1 Å². The molecule has 0 radical (unpaired) electrons. The zero-order valence-corrected chi connectivity index (χ0v) is 15.6. The van der Waals surface area contributed by atoms with Crippen LogP contribution in [0.25, 0.3) is 0 Å². The molecule has 1 aliphatic rings. The van der Waals surface area contributed by atoms with Crippen LogP contribution in [0.5, 0.6) is 5.75 Å². The number of aliphatic hydroxyl groups is 1. The maximum absolute atomic E-state index is 12.9. The molecule has 0 spiro atoms. The van der Waals surface area contributed by atoms with E-state index >= 15 is 0 Å². The third-order valence-electron chi connectivity index (χ3n) is 4.54. The van der Waals surface area contributed by atoms with Crippen molar-refractivity contribution in [3.8, 4) is 5.75 Å². The van der Waals surface area contributed by atoms with Gasteiger partial charge in [0.1, 0.15) is 11.8 Å². The fourth-order valence-electron chi connectivity index (χ4n) is 3.12. The first-order chi connectivity index (χ1) is 13.0. The summed E-state index contributed by atoms with van der Waals surface area (Å²) in [7, 11) is 1.52. The van der Waals surface area contributed by atoms with Crippen LogP contribution >= 0.6 is 11.6 Å². The number of carbonyl (C=O) groups excluding carboxylic acids is 2. The average molecular weight is 389 g/mol. The van der Waals surface area contributed by atoms with Crippen molar-refractivity contribution in [1.82, 2.24) is 10.2 Å². The van der Waals surface area contributed by atoms with Crippen LogP contribution < -0.4 is 10.1 Å². The number of aliphatic hydroxyl groups excluding tert-OH is 1. The summed E-state index contributed by atoms with van der Waals surface area (Å²) in [6, 6.07) is 13.2. The van der Waals surface area contributed by atoms with Crippen LogP contribution in [0.3, 0.4) is 0 Å². The molecule has 2 unspecified atom stereocenters. The molecular formula is C20H21ClN2O4. The lowest BCUT2D eigenvalue weighted by Crippen LogP contribution is -2.45. The Morgan fingerprint density at radius 2 is 2.00 bits per heavy atom. The van der Waals surface area contributed by atoms with Gasteiger partial charge in [-0.2, -0.15) is 0 Å². The molecule has 1 aliphatic heterocycles. The van der Waals surface area contributed by atoms with Crippen LogP contribution in [0.4, 0.5) is 0 Å². The molecule has 1 fully saturated rings. The highest BCUT2D eigenvalue weighted by molar-refractivity contribution is 6.30. The van der Waals surface area contributed by atoms with Gasteiger partial charge in [-0.1, -0.05) is 29.8 Å². The van der Waals surface area contributed by atoms with Gasteiger partial charge in [-0.15, -0.1) is 0 Å². The number of hydrogen-bond donors (Lipinski definition) is 2. The van der Waals surface area contributed by atoms with E-state index in [1.54, 1.807) is 36.4 Å². The lowest BCUT2D eigenvalue weighted by atomic mass is 10.1. The lowest BCUT2D eigenvalue weighted by molar-refractivity contribution is -0.125. The molecule has 27 heavy (non-hydrogen) atoms. The van der Waals surface area contributed by atoms with Gasteiger partial charge in [0.25, 0.3) is 5.91 Å². The first-order valence-electron chi connectivity index (χ1n) is 8.63. The monoisotopic (exact) mass is 388 g/mol. The number of β-amino-alcohol motifs (C(OH)–C–C–N with tert-alkyl or cyclic N) is 1. The molecule has 3 rings (SSSR count). The van der Waals surface area contributed by atoms with Gasteiger partial charge in [-0.05, 0) is 35.9 Å². The average Bonchev–Trinajstić information content (AvgIpc) is 3.08. The number of ether oxygens (including phenoxy) is 1. The molecule has 7 heteroatoms. The first kappa shape index (κ1) is 19.2. The Hall–Kier alpha value is -2.57. The van der Waals surface area contributed by atoms with Crippen molar-refractivity contribution < 1.29 is 19.4 Å². The maximum atomic E-state index is 12.9. The maximum Gasteiger partial charge on any atom is 0.254 e. The van der Waals surface area contributed by atoms with E-state index in [2.05, 4.69) is 5.32 Å². The highest BCUT2D eigenvalue weighted by Gasteiger charge is 2.39. The van der Waals surface area contributed by atoms with Crippen LogP contribution in [-0.2, 0) is 11.3 Å². The van der Waals surface area contributed by atoms with E-state index < -0.39 is 12.1 Å². The number of methoxy groups -OCH3 is 1. The molecule has 0 aliphatic carbocycles. The van der Waals surface area contributed by atoms with Crippen molar-refractivity contribution in [2.75, 3.05) is 13.7 Å². The SMILES string of the molecule is COc1cccc(C(=O)N2CC(O)CC2C(=O)NCc2ccc(Cl)cc2)c1. The summed E-state index contributed by atoms with van der Waals surface area (Å²) >= 11 is 5.86. The second-order valence-electron chi connectivity index (χ2n) is 6.44. The van der Waals surface area contributed by atoms with Crippen molar-refractivity contribution in [1.29, 1.82) is 0 Å². The Labute approximate surface area is 162 Å². The lowest BCUT2D eigenvalue weighted by Gasteiger charge is -2.24. The molecular weight excluding hydrogens is 368 g/mol. The van der Waals surface area contributed by atoms with Gasteiger partial charge >= 0.3 is 0 Å². The topological polar surface area (TPSA) is 78.9 Å². The minimum atomic E-state index is -0.731. The van der Waals surface area contributed by atoms with Crippen LogP contribution in [-0.4, -0.2) is 47.6 Å². The molecule has 0 saturated carbocycles. The third-order valence-corrected chi connectivity index (χ3v) is 4.79. The van der Waals surface area contributed by atoms with Crippen LogP contribution in [0.15, 0.2) is 48.5 Å². The van der Waals surface area contributed by atoms with E-state index in [1.165, 1.54) is 12.0 Å². The third kappa shape index (κ3) is 4.59. The number of rotatable bonds is 5. The fourth-order valence-corrected chi connectivity index (χ4v) is 3.24. The van der Waals surface area contributed by atoms with Crippen LogP contribution in [0.2, 0.25) is 5.02 Å². The van der Waals surface area contributed by atoms with Gasteiger partial charge in [0.05, 0.1) is 13.2 Å². The predicted molar refractivity (Wildman–Crippen MR) is 102 cm³/mol. The summed E-state index contributed by atoms with van der Waals surface area (Å²) in [6.07, 6.45) is -0.520. The minimum absolute atomic E-state index is 0.120. The van der Waals surface area contributed by atoms with E-state index in [1.807, 2.05) is 12.1 Å². The Morgan fingerprint density at radius 3 is 2.70 bits per heavy atom. The summed E-state index contributed by atoms with van der Waals surface area (Å²) in [5.41, 5.74) is 1.32. The molecule has 142 valence electrons. The molecule has 2 amide bonds. The Morgan fingerprint density at radius 1 is 1.26 bits per heavy atom. The zero-order valence-electron chi connectivity index (χ0n) is 14.9. The van der Waals surface area contributed by atoms with E-state index in [0.717, 1.165) is 5.56 Å². The number of halogens is 1. The summed E-state index contributed by atoms with van der Waals surface area (Å²) in [6.45, 7) is 0.443. The Kier molecular flexibility index (Phi) is 5.98. The van der Waals surface area contributed by atoms with Gasteiger partial charge in [0.15, 0.2) is 0 Å². The van der Waals surface area contributed by atoms with Gasteiger partial charge in [0, 0.05) is 30.1 Å². The zero-order chi connectivity index (χ0) is 19.4. The van der Waals surface area contributed by atoms with Crippen LogP contribution in [0, 0.1) is 0 Å². The van der Waals surface area contributed by atoms with E-state index in [9.17, 15) is 14.7 Å². The number of likely N-dealkylation sites (tertiary alicyclic amines) is 1. The van der Waals surface area contributed by atoms with Gasteiger partial charge in [0.2, 0.25) is 5.91 Å². The fraction of sp³-hybridized carbons (Fsp3) is 0.300. The molecule has 2 N–H and O–H groups in total. The first-order valence-corrected chi connectivity index (χ1v) is 9.01. The van der Waals surface area contributed by atoms with Crippen molar-refractivity contribution in [3.63, 3.8) is 0 Å². The van der Waals surface area contributed by atoms with Crippen molar-refractivity contribution >= 4 is 23.4 Å². The molecule has 2 aromatic rings. The number of amides is 2. The van der Waals surface area contributed by atoms with Crippen molar-refractivity contribution in [3.05, 3.63) is 64.7 Å². The van der Waals surface area contributed by atoms with Crippen LogP contribution in [0.1, 0.15) is 22.3 Å². The Bertz CT molecular complexity index is 825. The molecule has 2 atom stereocenters. The quantitative estimate of drug-likeness (QED) is 0.823.